The Labute approximate surface area is 131 Å². The fourth-order valence-electron chi connectivity index (χ4n) is 2.56. The maximum absolute atomic E-state index is 12.6. The number of carbonyl (C=O) groups is 1. The van der Waals surface area contributed by atoms with Crippen molar-refractivity contribution < 1.29 is 4.79 Å². The highest BCUT2D eigenvalue weighted by Crippen LogP contribution is 2.20. The van der Waals surface area contributed by atoms with Crippen LogP contribution in [0.4, 0.5) is 5.82 Å². The first-order chi connectivity index (χ1) is 10.0. The molecule has 0 atom stereocenters. The number of hydrogen-bond acceptors (Lipinski definition) is 4. The van der Waals surface area contributed by atoms with Crippen molar-refractivity contribution in [3.05, 3.63) is 22.8 Å². The van der Waals surface area contributed by atoms with Gasteiger partial charge in [0.15, 0.2) is 0 Å². The summed E-state index contributed by atoms with van der Waals surface area (Å²) in [7, 11) is 1.77. The molecule has 1 aromatic heterocycles. The molecule has 0 bridgehead atoms. The van der Waals surface area contributed by atoms with Crippen LogP contribution in [-0.4, -0.2) is 60.5 Å². The number of aromatic nitrogens is 1. The number of pyridine rings is 1. The van der Waals surface area contributed by atoms with Gasteiger partial charge >= 0.3 is 0 Å². The molecular weight excluding hydrogens is 288 g/mol. The molecule has 5 nitrogen and oxygen atoms in total. The molecule has 2 heterocycles. The molecule has 0 spiro atoms. The topological polar surface area (TPSA) is 48.5 Å². The molecule has 2 rings (SSSR count). The first-order valence-electron chi connectivity index (χ1n) is 7.36. The Balaban J connectivity index is 2.02. The number of hydrogen-bond donors (Lipinski definition) is 1. The molecule has 116 valence electrons. The minimum atomic E-state index is -0.0110. The summed E-state index contributed by atoms with van der Waals surface area (Å²) >= 11 is 6.12. The summed E-state index contributed by atoms with van der Waals surface area (Å²) in [6, 6.07) is 1.71. The van der Waals surface area contributed by atoms with E-state index in [9.17, 15) is 4.79 Å². The Morgan fingerprint density at radius 3 is 2.62 bits per heavy atom. The number of nitrogens with zero attached hydrogens (tertiary/aromatic N) is 3. The molecule has 0 unspecified atom stereocenters. The summed E-state index contributed by atoms with van der Waals surface area (Å²) in [6.07, 6.45) is 1.52. The van der Waals surface area contributed by atoms with Gasteiger partial charge in [0.05, 0.1) is 10.6 Å². The second-order valence-corrected chi connectivity index (χ2v) is 6.19. The predicted molar refractivity (Wildman–Crippen MR) is 86.0 cm³/mol. The zero-order chi connectivity index (χ0) is 15.4. The van der Waals surface area contributed by atoms with Gasteiger partial charge in [-0.05, 0) is 12.0 Å². The molecule has 21 heavy (non-hydrogen) atoms. The average molecular weight is 311 g/mol. The Morgan fingerprint density at radius 2 is 2.05 bits per heavy atom. The summed E-state index contributed by atoms with van der Waals surface area (Å²) in [5, 5.41) is 3.34. The minimum Gasteiger partial charge on any atom is -0.373 e. The third kappa shape index (κ3) is 4.08. The summed E-state index contributed by atoms with van der Waals surface area (Å²) in [6.45, 7) is 8.86. The second-order valence-electron chi connectivity index (χ2n) is 5.79. The van der Waals surface area contributed by atoms with Crippen LogP contribution in [0.5, 0.6) is 0 Å². The Kier molecular flexibility index (Phi) is 5.42. The van der Waals surface area contributed by atoms with E-state index >= 15 is 0 Å². The number of rotatable bonds is 4. The lowest BCUT2D eigenvalue weighted by atomic mass is 10.1. The van der Waals surface area contributed by atoms with Crippen LogP contribution in [0.25, 0.3) is 0 Å². The third-order valence-electron chi connectivity index (χ3n) is 3.62. The molecule has 1 amide bonds. The molecule has 0 saturated carbocycles. The zero-order valence-corrected chi connectivity index (χ0v) is 13.7. The van der Waals surface area contributed by atoms with Gasteiger partial charge in [-0.3, -0.25) is 9.69 Å². The van der Waals surface area contributed by atoms with E-state index in [0.717, 1.165) is 32.7 Å². The van der Waals surface area contributed by atoms with Gasteiger partial charge in [-0.15, -0.1) is 0 Å². The van der Waals surface area contributed by atoms with E-state index in [2.05, 4.69) is 29.0 Å². The third-order valence-corrected chi connectivity index (χ3v) is 3.93. The molecule has 1 fully saturated rings. The first-order valence-corrected chi connectivity index (χ1v) is 7.74. The Hall–Kier alpha value is -1.33. The van der Waals surface area contributed by atoms with E-state index in [-0.39, 0.29) is 5.91 Å². The Morgan fingerprint density at radius 1 is 1.38 bits per heavy atom. The molecule has 1 N–H and O–H groups in total. The van der Waals surface area contributed by atoms with E-state index < -0.39 is 0 Å². The molecular formula is C15H23ClN4O. The highest BCUT2D eigenvalue weighted by Gasteiger charge is 2.24. The van der Waals surface area contributed by atoms with Crippen molar-refractivity contribution in [3.63, 3.8) is 0 Å². The lowest BCUT2D eigenvalue weighted by Crippen LogP contribution is -2.49. The average Bonchev–Trinajstić information content (AvgIpc) is 2.47. The van der Waals surface area contributed by atoms with Gasteiger partial charge in [0.1, 0.15) is 5.82 Å². The largest absolute Gasteiger partial charge is 0.373 e. The van der Waals surface area contributed by atoms with Crippen molar-refractivity contribution >= 4 is 23.3 Å². The predicted octanol–water partition coefficient (Wildman–Crippen LogP) is 2.19. The molecule has 6 heteroatoms. The number of anilines is 1. The van der Waals surface area contributed by atoms with Crippen LogP contribution >= 0.6 is 11.6 Å². The number of nitrogens with one attached hydrogen (secondary N) is 1. The number of piperazine rings is 1. The van der Waals surface area contributed by atoms with Crippen LogP contribution in [0.1, 0.15) is 24.2 Å². The SMILES string of the molecule is CNc1cc(C(=O)N2CCN(CC(C)C)CC2)c(Cl)cn1. The van der Waals surface area contributed by atoms with Gasteiger partial charge in [0.25, 0.3) is 5.91 Å². The number of halogens is 1. The van der Waals surface area contributed by atoms with E-state index in [4.69, 9.17) is 11.6 Å². The van der Waals surface area contributed by atoms with E-state index in [1.165, 1.54) is 6.20 Å². The Bertz CT molecular complexity index is 498. The van der Waals surface area contributed by atoms with Gasteiger partial charge in [-0.2, -0.15) is 0 Å². The normalized spacial score (nSPS) is 16.3. The molecule has 1 aliphatic heterocycles. The fourth-order valence-corrected chi connectivity index (χ4v) is 2.74. The molecule has 1 aromatic rings. The monoisotopic (exact) mass is 310 g/mol. The van der Waals surface area contributed by atoms with Gasteiger partial charge < -0.3 is 10.2 Å². The zero-order valence-electron chi connectivity index (χ0n) is 12.9. The molecule has 1 aliphatic rings. The standard InChI is InChI=1S/C15H23ClN4O/c1-11(2)10-19-4-6-20(7-5-19)15(21)12-8-14(17-3)18-9-13(12)16/h8-9,11H,4-7,10H2,1-3H3,(H,17,18). The van der Waals surface area contributed by atoms with Crippen LogP contribution in [0.2, 0.25) is 5.02 Å². The summed E-state index contributed by atoms with van der Waals surface area (Å²) < 4.78 is 0. The van der Waals surface area contributed by atoms with Crippen LogP contribution < -0.4 is 5.32 Å². The summed E-state index contributed by atoms with van der Waals surface area (Å²) in [5.41, 5.74) is 0.522. The van der Waals surface area contributed by atoms with E-state index in [1.807, 2.05) is 4.90 Å². The lowest BCUT2D eigenvalue weighted by molar-refractivity contribution is 0.0624. The minimum absolute atomic E-state index is 0.0110. The van der Waals surface area contributed by atoms with Crippen molar-refractivity contribution in [1.82, 2.24) is 14.8 Å². The summed E-state index contributed by atoms with van der Waals surface area (Å²) in [4.78, 5) is 21.0. The maximum atomic E-state index is 12.6. The van der Waals surface area contributed by atoms with Gasteiger partial charge in [-0.25, -0.2) is 4.98 Å². The lowest BCUT2D eigenvalue weighted by Gasteiger charge is -2.35. The van der Waals surface area contributed by atoms with Crippen LogP contribution in [0.15, 0.2) is 12.3 Å². The van der Waals surface area contributed by atoms with Crippen LogP contribution in [0, 0.1) is 5.92 Å². The van der Waals surface area contributed by atoms with Crippen molar-refractivity contribution in [1.29, 1.82) is 0 Å². The van der Waals surface area contributed by atoms with Crippen molar-refractivity contribution in [2.75, 3.05) is 45.1 Å². The van der Waals surface area contributed by atoms with Crippen molar-refractivity contribution in [2.45, 2.75) is 13.8 Å². The van der Waals surface area contributed by atoms with Gasteiger partial charge in [0, 0.05) is 46.0 Å². The quantitative estimate of drug-likeness (QED) is 0.926. The number of amides is 1. The maximum Gasteiger partial charge on any atom is 0.255 e. The summed E-state index contributed by atoms with van der Waals surface area (Å²) in [5.74, 6) is 1.30. The molecule has 0 radical (unpaired) electrons. The van der Waals surface area contributed by atoms with Gasteiger partial charge in [0.2, 0.25) is 0 Å². The van der Waals surface area contributed by atoms with Crippen molar-refractivity contribution in [2.24, 2.45) is 5.92 Å². The molecule has 0 aromatic carbocycles. The van der Waals surface area contributed by atoms with Crippen LogP contribution in [0.3, 0.4) is 0 Å². The number of carbonyl (C=O) groups excluding carboxylic acids is 1. The first kappa shape index (κ1) is 16.0. The smallest absolute Gasteiger partial charge is 0.255 e. The fraction of sp³-hybridized carbons (Fsp3) is 0.600. The van der Waals surface area contributed by atoms with Gasteiger partial charge in [-0.1, -0.05) is 25.4 Å². The van der Waals surface area contributed by atoms with E-state index in [0.29, 0.717) is 22.3 Å². The highest BCUT2D eigenvalue weighted by molar-refractivity contribution is 6.33. The van der Waals surface area contributed by atoms with E-state index in [1.54, 1.807) is 13.1 Å². The molecule has 0 aliphatic carbocycles. The second kappa shape index (κ2) is 7.09. The highest BCUT2D eigenvalue weighted by atomic mass is 35.5. The van der Waals surface area contributed by atoms with Crippen LogP contribution in [-0.2, 0) is 0 Å². The van der Waals surface area contributed by atoms with Crippen molar-refractivity contribution in [3.8, 4) is 0 Å². The molecule has 1 saturated heterocycles.